The summed E-state index contributed by atoms with van der Waals surface area (Å²) in [4.78, 5) is 28.4. The number of nitrogens with zero attached hydrogens (tertiary/aromatic N) is 1. The molecule has 5 nitrogen and oxygen atoms in total. The van der Waals surface area contributed by atoms with Crippen LogP contribution in [-0.4, -0.2) is 30.8 Å². The van der Waals surface area contributed by atoms with Crippen molar-refractivity contribution < 1.29 is 19.1 Å². The minimum absolute atomic E-state index is 0.0194. The number of ketones is 2. The quantitative estimate of drug-likeness (QED) is 0.767. The lowest BCUT2D eigenvalue weighted by molar-refractivity contribution is -0.120. The number of carbonyl (C=O) groups is 2. The molecule has 1 atom stereocenters. The van der Waals surface area contributed by atoms with Gasteiger partial charge >= 0.3 is 0 Å². The Kier molecular flexibility index (Phi) is 4.57. The number of methoxy groups -OCH3 is 2. The van der Waals surface area contributed by atoms with Gasteiger partial charge in [-0.05, 0) is 13.0 Å². The van der Waals surface area contributed by atoms with Gasteiger partial charge in [0.25, 0.3) is 5.88 Å². The number of hydrogen-bond acceptors (Lipinski definition) is 6. The fourth-order valence-electron chi connectivity index (χ4n) is 1.88. The van der Waals surface area contributed by atoms with Crippen LogP contribution in [-0.2, 0) is 4.79 Å². The molecule has 21 heavy (non-hydrogen) atoms. The highest BCUT2D eigenvalue weighted by molar-refractivity contribution is 7.20. The van der Waals surface area contributed by atoms with E-state index < -0.39 is 0 Å². The Hall–Kier alpha value is -1.95. The standard InChI is InChI=1S/C15H17NO4S/c1-8(9(2)17)5-11(18)14-6-10-13(21-14)7-12(19-3)15(16-10)20-4/h6-8H,5H2,1-4H3/t8-/m0/s1. The van der Waals surface area contributed by atoms with Crippen molar-refractivity contribution in [2.75, 3.05) is 14.2 Å². The van der Waals surface area contributed by atoms with E-state index in [0.717, 1.165) is 4.70 Å². The van der Waals surface area contributed by atoms with E-state index in [9.17, 15) is 9.59 Å². The maximum Gasteiger partial charge on any atom is 0.257 e. The van der Waals surface area contributed by atoms with Crippen LogP contribution in [0.2, 0.25) is 0 Å². The maximum absolute atomic E-state index is 12.2. The second kappa shape index (κ2) is 6.22. The molecule has 0 aromatic carbocycles. The summed E-state index contributed by atoms with van der Waals surface area (Å²) >= 11 is 1.35. The molecule has 0 fully saturated rings. The second-order valence-electron chi connectivity index (χ2n) is 4.83. The molecule has 0 saturated carbocycles. The van der Waals surface area contributed by atoms with Gasteiger partial charge in [0.1, 0.15) is 5.78 Å². The van der Waals surface area contributed by atoms with Crippen molar-refractivity contribution in [2.24, 2.45) is 5.92 Å². The van der Waals surface area contributed by atoms with Crippen molar-refractivity contribution in [3.05, 3.63) is 17.0 Å². The highest BCUT2D eigenvalue weighted by Crippen LogP contribution is 2.34. The molecule has 0 amide bonds. The molecule has 112 valence electrons. The predicted molar refractivity (Wildman–Crippen MR) is 81.5 cm³/mol. The molecule has 0 saturated heterocycles. The molecular weight excluding hydrogens is 290 g/mol. The zero-order valence-corrected chi connectivity index (χ0v) is 13.2. The Balaban J connectivity index is 2.34. The third-order valence-corrected chi connectivity index (χ3v) is 4.42. The first-order valence-electron chi connectivity index (χ1n) is 6.52. The summed E-state index contributed by atoms with van der Waals surface area (Å²) in [5.74, 6) is 0.631. The number of Topliss-reactive ketones (excluding diaryl/α,β-unsaturated/α-hetero) is 2. The van der Waals surface area contributed by atoms with Gasteiger partial charge in [0.15, 0.2) is 11.5 Å². The molecule has 2 heterocycles. The Bertz CT molecular complexity index is 651. The monoisotopic (exact) mass is 307 g/mol. The zero-order chi connectivity index (χ0) is 15.6. The molecule has 2 aromatic heterocycles. The Morgan fingerprint density at radius 2 is 2.00 bits per heavy atom. The van der Waals surface area contributed by atoms with Crippen LogP contribution >= 0.6 is 11.3 Å². The minimum atomic E-state index is -0.264. The van der Waals surface area contributed by atoms with Crippen molar-refractivity contribution in [3.63, 3.8) is 0 Å². The third-order valence-electron chi connectivity index (χ3n) is 3.31. The Morgan fingerprint density at radius 1 is 1.29 bits per heavy atom. The molecule has 6 heteroatoms. The van der Waals surface area contributed by atoms with Gasteiger partial charge in [-0.25, -0.2) is 4.98 Å². The lowest BCUT2D eigenvalue weighted by atomic mass is 10.0. The van der Waals surface area contributed by atoms with Gasteiger partial charge in [-0.15, -0.1) is 11.3 Å². The number of hydrogen-bond donors (Lipinski definition) is 0. The first-order valence-corrected chi connectivity index (χ1v) is 7.34. The van der Waals surface area contributed by atoms with Crippen molar-refractivity contribution in [1.82, 2.24) is 4.98 Å². The first kappa shape index (κ1) is 15.4. The SMILES string of the molecule is COc1cc2sc(C(=O)C[C@H](C)C(C)=O)cc2nc1OC. The molecule has 0 aliphatic heterocycles. The van der Waals surface area contributed by atoms with Crippen LogP contribution in [0.15, 0.2) is 12.1 Å². The van der Waals surface area contributed by atoms with Crippen LogP contribution in [0.25, 0.3) is 10.2 Å². The number of fused-ring (bicyclic) bond motifs is 1. The van der Waals surface area contributed by atoms with Gasteiger partial charge in [0.05, 0.1) is 29.3 Å². The number of pyridine rings is 1. The predicted octanol–water partition coefficient (Wildman–Crippen LogP) is 3.11. The van der Waals surface area contributed by atoms with E-state index in [1.54, 1.807) is 26.2 Å². The summed E-state index contributed by atoms with van der Waals surface area (Å²) < 4.78 is 11.2. The topological polar surface area (TPSA) is 65.5 Å². The van der Waals surface area contributed by atoms with E-state index in [-0.39, 0.29) is 23.9 Å². The number of carbonyl (C=O) groups excluding carboxylic acids is 2. The lowest BCUT2D eigenvalue weighted by Crippen LogP contribution is -2.11. The van der Waals surface area contributed by atoms with Crippen LogP contribution in [0.3, 0.4) is 0 Å². The fourth-order valence-corrected chi connectivity index (χ4v) is 2.86. The van der Waals surface area contributed by atoms with Crippen LogP contribution in [0.5, 0.6) is 11.6 Å². The maximum atomic E-state index is 12.2. The van der Waals surface area contributed by atoms with E-state index in [2.05, 4.69) is 4.98 Å². The van der Waals surface area contributed by atoms with Crippen LogP contribution in [0, 0.1) is 5.92 Å². The Morgan fingerprint density at radius 3 is 2.57 bits per heavy atom. The van der Waals surface area contributed by atoms with Gasteiger partial charge in [-0.3, -0.25) is 9.59 Å². The van der Waals surface area contributed by atoms with Crippen LogP contribution in [0.1, 0.15) is 29.9 Å². The van der Waals surface area contributed by atoms with Gasteiger partial charge in [0, 0.05) is 18.4 Å². The zero-order valence-electron chi connectivity index (χ0n) is 12.4. The van der Waals surface area contributed by atoms with E-state index in [4.69, 9.17) is 9.47 Å². The average molecular weight is 307 g/mol. The number of ether oxygens (including phenoxy) is 2. The second-order valence-corrected chi connectivity index (χ2v) is 5.92. The summed E-state index contributed by atoms with van der Waals surface area (Å²) in [6, 6.07) is 3.54. The summed E-state index contributed by atoms with van der Waals surface area (Å²) in [5, 5.41) is 0. The largest absolute Gasteiger partial charge is 0.491 e. The van der Waals surface area contributed by atoms with Crippen molar-refractivity contribution >= 4 is 33.1 Å². The van der Waals surface area contributed by atoms with Gasteiger partial charge in [-0.2, -0.15) is 0 Å². The smallest absolute Gasteiger partial charge is 0.257 e. The van der Waals surface area contributed by atoms with Crippen molar-refractivity contribution in [2.45, 2.75) is 20.3 Å². The molecule has 0 aliphatic carbocycles. The fraction of sp³-hybridized carbons (Fsp3) is 0.400. The molecule has 0 N–H and O–H groups in total. The van der Waals surface area contributed by atoms with Crippen LogP contribution < -0.4 is 9.47 Å². The molecule has 0 spiro atoms. The third kappa shape index (κ3) is 3.21. The molecular formula is C15H17NO4S. The number of aromatic nitrogens is 1. The normalized spacial score (nSPS) is 12.2. The van der Waals surface area contributed by atoms with Crippen molar-refractivity contribution in [3.8, 4) is 11.6 Å². The van der Waals surface area contributed by atoms with Crippen molar-refractivity contribution in [1.29, 1.82) is 0 Å². The molecule has 0 bridgehead atoms. The molecule has 0 unspecified atom stereocenters. The summed E-state index contributed by atoms with van der Waals surface area (Å²) in [6.45, 7) is 3.26. The molecule has 2 rings (SSSR count). The lowest BCUT2D eigenvalue weighted by Gasteiger charge is -2.05. The average Bonchev–Trinajstić information content (AvgIpc) is 2.88. The van der Waals surface area contributed by atoms with Gasteiger partial charge < -0.3 is 9.47 Å². The highest BCUT2D eigenvalue weighted by Gasteiger charge is 2.18. The van der Waals surface area contributed by atoms with E-state index in [1.165, 1.54) is 25.4 Å². The van der Waals surface area contributed by atoms with Gasteiger partial charge in [-0.1, -0.05) is 6.92 Å². The summed E-state index contributed by atoms with van der Waals surface area (Å²) in [5.41, 5.74) is 0.691. The van der Waals surface area contributed by atoms with Gasteiger partial charge in [0.2, 0.25) is 0 Å². The molecule has 0 aliphatic rings. The summed E-state index contributed by atoms with van der Waals surface area (Å²) in [6.07, 6.45) is 0.219. The number of thiophene rings is 1. The van der Waals surface area contributed by atoms with E-state index >= 15 is 0 Å². The minimum Gasteiger partial charge on any atom is -0.491 e. The van der Waals surface area contributed by atoms with E-state index in [1.807, 2.05) is 0 Å². The van der Waals surface area contributed by atoms with Crippen LogP contribution in [0.4, 0.5) is 0 Å². The summed E-state index contributed by atoms with van der Waals surface area (Å²) in [7, 11) is 3.06. The van der Waals surface area contributed by atoms with E-state index in [0.29, 0.717) is 22.0 Å². The first-order chi connectivity index (χ1) is 9.96. The Labute approximate surface area is 126 Å². The molecule has 2 aromatic rings. The molecule has 0 radical (unpaired) electrons. The highest BCUT2D eigenvalue weighted by atomic mass is 32.1. The number of rotatable bonds is 6.